The molecule has 0 fully saturated rings. The van der Waals surface area contributed by atoms with Crippen LogP contribution in [0.5, 0.6) is 0 Å². The van der Waals surface area contributed by atoms with Crippen molar-refractivity contribution in [2.24, 2.45) is 4.99 Å². The number of carbonyl (C=O) groups is 1. The Kier molecular flexibility index (Phi) is 2.44. The molecule has 0 saturated heterocycles. The maximum absolute atomic E-state index is 10.2. The van der Waals surface area contributed by atoms with Gasteiger partial charge < -0.3 is 9.90 Å². The third-order valence-electron chi connectivity index (χ3n) is 2.07. The van der Waals surface area contributed by atoms with E-state index in [2.05, 4.69) is 4.99 Å². The number of quaternary nitrogens is 1. The molecule has 0 spiro atoms. The second-order valence-electron chi connectivity index (χ2n) is 2.81. The van der Waals surface area contributed by atoms with E-state index in [4.69, 9.17) is 0 Å². The Labute approximate surface area is 70.5 Å². The summed E-state index contributed by atoms with van der Waals surface area (Å²) in [5.41, 5.74) is 0. The van der Waals surface area contributed by atoms with Crippen molar-refractivity contribution >= 4 is 11.8 Å². The second-order valence-corrected chi connectivity index (χ2v) is 2.81. The van der Waals surface area contributed by atoms with Crippen LogP contribution in [0.1, 0.15) is 13.3 Å². The van der Waals surface area contributed by atoms with Crippen molar-refractivity contribution < 1.29 is 19.8 Å². The minimum absolute atomic E-state index is 0.273. The molecule has 1 aliphatic heterocycles. The summed E-state index contributed by atoms with van der Waals surface area (Å²) in [7, 11) is 0. The highest BCUT2D eigenvalue weighted by atomic mass is 16.5. The van der Waals surface area contributed by atoms with E-state index in [0.717, 1.165) is 0 Å². The van der Waals surface area contributed by atoms with Gasteiger partial charge in [-0.15, -0.1) is 4.65 Å². The number of likely N-dealkylation sites (N-methyl/N-ethyl adjacent to an activating group) is 1. The van der Waals surface area contributed by atoms with Gasteiger partial charge in [0, 0.05) is 0 Å². The van der Waals surface area contributed by atoms with Crippen LogP contribution >= 0.6 is 0 Å². The lowest BCUT2D eigenvalue weighted by Crippen LogP contribution is -2.49. The van der Waals surface area contributed by atoms with Gasteiger partial charge >= 0.3 is 0 Å². The molecule has 1 unspecified atom stereocenters. The Morgan fingerprint density at radius 2 is 2.50 bits per heavy atom. The third kappa shape index (κ3) is 1.62. The van der Waals surface area contributed by atoms with Gasteiger partial charge in [0.25, 0.3) is 0 Å². The third-order valence-corrected chi connectivity index (χ3v) is 2.07. The Balaban J connectivity index is 2.69. The van der Waals surface area contributed by atoms with Gasteiger partial charge in [-0.3, -0.25) is 0 Å². The molecule has 0 aliphatic carbocycles. The van der Waals surface area contributed by atoms with E-state index in [1.54, 1.807) is 6.92 Å². The number of carboxylic acid groups (broad SMARTS) is 1. The van der Waals surface area contributed by atoms with Crippen molar-refractivity contribution in [3.8, 4) is 0 Å². The van der Waals surface area contributed by atoms with Crippen molar-refractivity contribution in [3.05, 3.63) is 0 Å². The molecule has 0 aromatic heterocycles. The molecule has 5 nitrogen and oxygen atoms in total. The Bertz CT molecular complexity index is 227. The first-order valence-corrected chi connectivity index (χ1v) is 3.92. The van der Waals surface area contributed by atoms with Crippen molar-refractivity contribution in [1.82, 2.24) is 0 Å². The maximum Gasteiger partial charge on any atom is 0.236 e. The van der Waals surface area contributed by atoms with Crippen LogP contribution in [0.4, 0.5) is 0 Å². The minimum atomic E-state index is -1.19. The molecule has 0 radical (unpaired) electrons. The summed E-state index contributed by atoms with van der Waals surface area (Å²) in [5.74, 6) is -0.891. The standard InChI is InChI=1S/C7H12N2O3/c1-2-9(12)4-3-8-6(9)5-7(10)11/h12H,2-5H2,1H3. The van der Waals surface area contributed by atoms with E-state index in [1.165, 1.54) is 0 Å². The molecule has 1 atom stereocenters. The first kappa shape index (κ1) is 9.15. The van der Waals surface area contributed by atoms with Gasteiger partial charge in [-0.25, -0.2) is 10.2 Å². The van der Waals surface area contributed by atoms with Crippen LogP contribution in [0.2, 0.25) is 0 Å². The predicted molar refractivity (Wildman–Crippen MR) is 39.4 cm³/mol. The molecule has 0 aromatic carbocycles. The average molecular weight is 172 g/mol. The first-order valence-electron chi connectivity index (χ1n) is 3.92. The van der Waals surface area contributed by atoms with E-state index >= 15 is 0 Å². The second kappa shape index (κ2) is 3.20. The highest BCUT2D eigenvalue weighted by Crippen LogP contribution is 2.12. The molecule has 1 aliphatic rings. The van der Waals surface area contributed by atoms with Gasteiger partial charge in [-0.1, -0.05) is 0 Å². The van der Waals surface area contributed by atoms with Gasteiger partial charge in [-0.2, -0.15) is 0 Å². The fraction of sp³-hybridized carbons (Fsp3) is 0.714. The Hall–Kier alpha value is -0.940. The van der Waals surface area contributed by atoms with Crippen LogP contribution in [0.15, 0.2) is 4.99 Å². The molecule has 0 bridgehead atoms. The number of hydroxylamine groups is 3. The van der Waals surface area contributed by atoms with E-state index in [9.17, 15) is 15.1 Å². The quantitative estimate of drug-likeness (QED) is 0.541. The maximum atomic E-state index is 10.2. The first-order chi connectivity index (χ1) is 5.58. The number of rotatable bonds is 3. The largest absolute Gasteiger partial charge is 0.550 e. The van der Waals surface area contributed by atoms with Crippen molar-refractivity contribution in [3.63, 3.8) is 0 Å². The summed E-state index contributed by atoms with van der Waals surface area (Å²) in [5, 5.41) is 20.0. The SMILES string of the molecule is CC[N+]1(O)CCN=C1CC(=O)[O-]. The Morgan fingerprint density at radius 1 is 1.83 bits per heavy atom. The lowest BCUT2D eigenvalue weighted by Gasteiger charge is -2.23. The van der Waals surface area contributed by atoms with E-state index in [-0.39, 0.29) is 11.1 Å². The number of hydrogen-bond acceptors (Lipinski definition) is 4. The fourth-order valence-corrected chi connectivity index (χ4v) is 1.28. The summed E-state index contributed by atoms with van der Waals surface area (Å²) in [6, 6.07) is 0. The van der Waals surface area contributed by atoms with Crippen LogP contribution in [0.25, 0.3) is 0 Å². The normalized spacial score (nSPS) is 28.7. The van der Waals surface area contributed by atoms with Gasteiger partial charge in [0.1, 0.15) is 13.1 Å². The monoisotopic (exact) mass is 172 g/mol. The number of aliphatic carboxylic acids is 1. The number of carboxylic acids is 1. The Morgan fingerprint density at radius 3 is 3.00 bits per heavy atom. The predicted octanol–water partition coefficient (Wildman–Crippen LogP) is -1.24. The summed E-state index contributed by atoms with van der Waals surface area (Å²) in [6.45, 7) is 3.20. The van der Waals surface area contributed by atoms with Crippen LogP contribution < -0.4 is 5.11 Å². The van der Waals surface area contributed by atoms with Crippen LogP contribution in [0, 0.1) is 0 Å². The molecule has 0 saturated carbocycles. The molecule has 1 heterocycles. The fourth-order valence-electron chi connectivity index (χ4n) is 1.28. The molecular formula is C7H12N2O3. The molecule has 5 heteroatoms. The zero-order chi connectivity index (χ0) is 9.19. The highest BCUT2D eigenvalue weighted by Gasteiger charge is 2.35. The molecule has 1 N–H and O–H groups in total. The van der Waals surface area contributed by atoms with Gasteiger partial charge in [0.15, 0.2) is 0 Å². The van der Waals surface area contributed by atoms with Crippen molar-refractivity contribution in [2.45, 2.75) is 13.3 Å². The summed E-state index contributed by atoms with van der Waals surface area (Å²) in [4.78, 5) is 14.2. The minimum Gasteiger partial charge on any atom is -0.550 e. The van der Waals surface area contributed by atoms with Crippen LogP contribution in [-0.2, 0) is 4.79 Å². The van der Waals surface area contributed by atoms with E-state index in [0.29, 0.717) is 25.5 Å². The van der Waals surface area contributed by atoms with Gasteiger partial charge in [0.2, 0.25) is 5.84 Å². The zero-order valence-electron chi connectivity index (χ0n) is 6.99. The number of nitrogens with zero attached hydrogens (tertiary/aromatic N) is 2. The molecule has 12 heavy (non-hydrogen) atoms. The average Bonchev–Trinajstić information content (AvgIpc) is 2.33. The van der Waals surface area contributed by atoms with E-state index < -0.39 is 5.97 Å². The molecular weight excluding hydrogens is 160 g/mol. The molecule has 0 aromatic rings. The van der Waals surface area contributed by atoms with Crippen LogP contribution in [-0.4, -0.2) is 41.3 Å². The smallest absolute Gasteiger partial charge is 0.236 e. The van der Waals surface area contributed by atoms with Gasteiger partial charge in [-0.05, 0) is 6.92 Å². The van der Waals surface area contributed by atoms with E-state index in [1.807, 2.05) is 0 Å². The zero-order valence-corrected chi connectivity index (χ0v) is 6.99. The number of hydrogen-bond donors (Lipinski definition) is 1. The number of carbonyl (C=O) groups excluding carboxylic acids is 1. The number of aliphatic imine (C=N–C) groups is 1. The topological polar surface area (TPSA) is 72.7 Å². The van der Waals surface area contributed by atoms with Gasteiger partial charge in [0.05, 0.1) is 18.9 Å². The lowest BCUT2D eigenvalue weighted by molar-refractivity contribution is -1.03. The van der Waals surface area contributed by atoms with Crippen LogP contribution in [0.3, 0.4) is 0 Å². The summed E-state index contributed by atoms with van der Waals surface area (Å²) in [6.07, 6.45) is -0.273. The number of amidine groups is 1. The molecule has 68 valence electrons. The summed E-state index contributed by atoms with van der Waals surface area (Å²) < 4.78 is -0.339. The van der Waals surface area contributed by atoms with Crippen molar-refractivity contribution in [1.29, 1.82) is 0 Å². The van der Waals surface area contributed by atoms with Crippen molar-refractivity contribution in [2.75, 3.05) is 19.6 Å². The molecule has 1 rings (SSSR count). The highest BCUT2D eigenvalue weighted by molar-refractivity contribution is 5.92. The lowest BCUT2D eigenvalue weighted by atomic mass is 10.3. The summed E-state index contributed by atoms with van der Waals surface area (Å²) >= 11 is 0. The molecule has 0 amide bonds.